The van der Waals surface area contributed by atoms with Crippen LogP contribution in [0.25, 0.3) is 17.4 Å². The molecule has 2 aromatic heterocycles. The molecule has 0 radical (unpaired) electrons. The maximum absolute atomic E-state index is 13.8. The van der Waals surface area contributed by atoms with Crippen molar-refractivity contribution in [2.45, 2.75) is 19.9 Å². The molecule has 2 aromatic carbocycles. The normalized spacial score (nSPS) is 16.3. The molecule has 39 heavy (non-hydrogen) atoms. The summed E-state index contributed by atoms with van der Waals surface area (Å²) in [6.45, 7) is 3.76. The average molecular weight is 583 g/mol. The van der Waals surface area contributed by atoms with Gasteiger partial charge in [-0.2, -0.15) is 0 Å². The fraction of sp³-hybridized carbons (Fsp3) is 0.179. The van der Waals surface area contributed by atoms with Crippen LogP contribution >= 0.6 is 34.5 Å². The third kappa shape index (κ3) is 4.56. The van der Waals surface area contributed by atoms with Crippen LogP contribution in [0.4, 0.5) is 0 Å². The summed E-state index contributed by atoms with van der Waals surface area (Å²) in [7, 11) is 0. The Hall–Kier alpha value is -3.79. The molecule has 11 heteroatoms. The Morgan fingerprint density at radius 2 is 1.95 bits per heavy atom. The van der Waals surface area contributed by atoms with Crippen molar-refractivity contribution >= 4 is 46.6 Å². The number of allylic oxidation sites excluding steroid dienone is 1. The highest BCUT2D eigenvalue weighted by Crippen LogP contribution is 2.38. The zero-order chi connectivity index (χ0) is 27.3. The number of hydrogen-bond acceptors (Lipinski definition) is 8. The smallest absolute Gasteiger partial charge is 0.338 e. The van der Waals surface area contributed by atoms with Gasteiger partial charge in [0.15, 0.2) is 16.3 Å². The number of esters is 1. The Morgan fingerprint density at radius 1 is 1.13 bits per heavy atom. The van der Waals surface area contributed by atoms with Crippen molar-refractivity contribution in [1.82, 2.24) is 4.57 Å². The minimum absolute atomic E-state index is 0.106. The van der Waals surface area contributed by atoms with Gasteiger partial charge in [0, 0.05) is 11.6 Å². The molecule has 0 N–H and O–H groups in total. The number of rotatable bonds is 5. The lowest BCUT2D eigenvalue weighted by atomic mass is 9.95. The van der Waals surface area contributed by atoms with Gasteiger partial charge in [0.05, 0.1) is 38.5 Å². The molecule has 8 nitrogen and oxygen atoms in total. The molecule has 6 rings (SSSR count). The summed E-state index contributed by atoms with van der Waals surface area (Å²) in [5.74, 6) is 1.65. The summed E-state index contributed by atoms with van der Waals surface area (Å²) in [5.41, 5.74) is 1.87. The number of carbonyl (C=O) groups is 1. The van der Waals surface area contributed by atoms with E-state index in [1.165, 1.54) is 15.9 Å². The van der Waals surface area contributed by atoms with E-state index >= 15 is 0 Å². The number of fused-ring (bicyclic) bond motifs is 2. The first kappa shape index (κ1) is 25.5. The second-order valence-corrected chi connectivity index (χ2v) is 10.6. The standard InChI is InChI=1S/C28H20Cl2N2O6S/c1-3-35-27(34)24-14(2)31-28-32(25(24)16-5-8-21-22(11-16)37-13-36-21)26(33)23(39-28)12-17-6-9-20(38-17)15-4-7-18(29)19(30)10-15/h4-12,25H,3,13H2,1-2H3/b23-12-/t25-/m1/s1. The highest BCUT2D eigenvalue weighted by Gasteiger charge is 2.34. The van der Waals surface area contributed by atoms with E-state index in [-0.39, 0.29) is 24.5 Å². The zero-order valence-electron chi connectivity index (χ0n) is 20.7. The van der Waals surface area contributed by atoms with E-state index in [9.17, 15) is 9.59 Å². The SMILES string of the molecule is CCOC(=O)C1=C(C)N=c2s/c(=C\c3ccc(-c4ccc(Cl)c(Cl)c4)o3)c(=O)n2[C@@H]1c1ccc2c(c1)OCO2. The number of furan rings is 1. The van der Waals surface area contributed by atoms with Crippen molar-refractivity contribution in [1.29, 1.82) is 0 Å². The third-order valence-corrected chi connectivity index (χ3v) is 8.06. The molecular weight excluding hydrogens is 563 g/mol. The molecule has 2 aliphatic heterocycles. The Balaban J connectivity index is 1.47. The van der Waals surface area contributed by atoms with Crippen LogP contribution in [-0.2, 0) is 9.53 Å². The molecule has 0 amide bonds. The monoisotopic (exact) mass is 582 g/mol. The predicted octanol–water partition coefficient (Wildman–Crippen LogP) is 5.09. The minimum Gasteiger partial charge on any atom is -0.463 e. The first-order chi connectivity index (χ1) is 18.8. The fourth-order valence-electron chi connectivity index (χ4n) is 4.55. The highest BCUT2D eigenvalue weighted by molar-refractivity contribution is 7.07. The fourth-order valence-corrected chi connectivity index (χ4v) is 5.88. The summed E-state index contributed by atoms with van der Waals surface area (Å²) in [6, 6.07) is 13.3. The van der Waals surface area contributed by atoms with Crippen molar-refractivity contribution < 1.29 is 23.4 Å². The van der Waals surface area contributed by atoms with Crippen LogP contribution in [0.5, 0.6) is 11.5 Å². The lowest BCUT2D eigenvalue weighted by Crippen LogP contribution is -2.39. The van der Waals surface area contributed by atoms with Gasteiger partial charge in [-0.3, -0.25) is 9.36 Å². The van der Waals surface area contributed by atoms with E-state index in [4.69, 9.17) is 41.8 Å². The second kappa shape index (κ2) is 10.1. The largest absolute Gasteiger partial charge is 0.463 e. The van der Waals surface area contributed by atoms with Gasteiger partial charge >= 0.3 is 5.97 Å². The van der Waals surface area contributed by atoms with Gasteiger partial charge in [-0.1, -0.05) is 40.6 Å². The summed E-state index contributed by atoms with van der Waals surface area (Å²) >= 11 is 13.4. The van der Waals surface area contributed by atoms with E-state index in [1.807, 2.05) is 6.07 Å². The van der Waals surface area contributed by atoms with Crippen LogP contribution in [0.3, 0.4) is 0 Å². The Labute approximate surface area is 236 Å². The van der Waals surface area contributed by atoms with Gasteiger partial charge in [0.1, 0.15) is 11.5 Å². The summed E-state index contributed by atoms with van der Waals surface area (Å²) < 4.78 is 24.2. The van der Waals surface area contributed by atoms with E-state index in [0.29, 0.717) is 53.7 Å². The predicted molar refractivity (Wildman–Crippen MR) is 147 cm³/mol. The van der Waals surface area contributed by atoms with Crippen LogP contribution in [0, 0.1) is 0 Å². The summed E-state index contributed by atoms with van der Waals surface area (Å²) in [5, 5.41) is 0.861. The summed E-state index contributed by atoms with van der Waals surface area (Å²) in [6.07, 6.45) is 1.66. The van der Waals surface area contributed by atoms with E-state index in [2.05, 4.69) is 4.99 Å². The molecular formula is C28H20Cl2N2O6S. The number of thiazole rings is 1. The average Bonchev–Trinajstić information content (AvgIpc) is 3.64. The van der Waals surface area contributed by atoms with E-state index in [0.717, 1.165) is 5.56 Å². The number of ether oxygens (including phenoxy) is 3. The van der Waals surface area contributed by atoms with Crippen molar-refractivity contribution in [2.75, 3.05) is 13.4 Å². The number of benzene rings is 2. The molecule has 198 valence electrons. The number of hydrogen-bond donors (Lipinski definition) is 0. The molecule has 4 aromatic rings. The van der Waals surface area contributed by atoms with Crippen LogP contribution in [0.15, 0.2) is 74.0 Å². The van der Waals surface area contributed by atoms with Gasteiger partial charge < -0.3 is 18.6 Å². The van der Waals surface area contributed by atoms with Crippen molar-refractivity contribution in [3.05, 3.63) is 101 Å². The van der Waals surface area contributed by atoms with Crippen LogP contribution in [0.1, 0.15) is 31.2 Å². The molecule has 1 atom stereocenters. The molecule has 0 fully saturated rings. The molecule has 4 heterocycles. The van der Waals surface area contributed by atoms with Crippen molar-refractivity contribution in [2.24, 2.45) is 4.99 Å². The maximum atomic E-state index is 13.8. The topological polar surface area (TPSA) is 92.3 Å². The Bertz CT molecular complexity index is 1850. The number of aromatic nitrogens is 1. The zero-order valence-corrected chi connectivity index (χ0v) is 23.0. The molecule has 0 saturated carbocycles. The Morgan fingerprint density at radius 3 is 2.74 bits per heavy atom. The summed E-state index contributed by atoms with van der Waals surface area (Å²) in [4.78, 5) is 31.9. The lowest BCUT2D eigenvalue weighted by Gasteiger charge is -2.24. The van der Waals surface area contributed by atoms with Gasteiger partial charge in [0.2, 0.25) is 6.79 Å². The third-order valence-electron chi connectivity index (χ3n) is 6.33. The number of carbonyl (C=O) groups excluding carboxylic acids is 1. The molecule has 2 aliphatic rings. The molecule has 0 unspecified atom stereocenters. The number of nitrogens with zero attached hydrogens (tertiary/aromatic N) is 2. The van der Waals surface area contributed by atoms with Crippen molar-refractivity contribution in [3.8, 4) is 22.8 Å². The van der Waals surface area contributed by atoms with Crippen LogP contribution in [-0.4, -0.2) is 23.9 Å². The maximum Gasteiger partial charge on any atom is 0.338 e. The van der Waals surface area contributed by atoms with Gasteiger partial charge in [-0.15, -0.1) is 0 Å². The minimum atomic E-state index is -0.764. The van der Waals surface area contributed by atoms with Gasteiger partial charge in [-0.05, 0) is 61.9 Å². The van der Waals surface area contributed by atoms with Gasteiger partial charge in [0.25, 0.3) is 5.56 Å². The van der Waals surface area contributed by atoms with Crippen molar-refractivity contribution in [3.63, 3.8) is 0 Å². The first-order valence-corrected chi connectivity index (χ1v) is 13.6. The second-order valence-electron chi connectivity index (χ2n) is 8.75. The van der Waals surface area contributed by atoms with E-state index < -0.39 is 12.0 Å². The van der Waals surface area contributed by atoms with E-state index in [1.54, 1.807) is 62.4 Å². The lowest BCUT2D eigenvalue weighted by molar-refractivity contribution is -0.139. The first-order valence-electron chi connectivity index (χ1n) is 12.0. The Kier molecular flexibility index (Phi) is 6.58. The highest BCUT2D eigenvalue weighted by atomic mass is 35.5. The molecule has 0 saturated heterocycles. The van der Waals surface area contributed by atoms with Gasteiger partial charge in [-0.25, -0.2) is 9.79 Å². The van der Waals surface area contributed by atoms with Crippen LogP contribution in [0.2, 0.25) is 10.0 Å². The number of halogens is 2. The quantitative estimate of drug-likeness (QED) is 0.304. The molecule has 0 aliphatic carbocycles. The van der Waals surface area contributed by atoms with Crippen LogP contribution < -0.4 is 24.4 Å². The molecule has 0 bridgehead atoms. The molecule has 0 spiro atoms.